The fraction of sp³-hybridized carbons (Fsp3) is 0.571. The van der Waals surface area contributed by atoms with E-state index in [0.29, 0.717) is 24.4 Å². The summed E-state index contributed by atoms with van der Waals surface area (Å²) in [5.41, 5.74) is 1.08. The van der Waals surface area contributed by atoms with Crippen molar-refractivity contribution >= 4 is 17.7 Å². The molecule has 2 aliphatic heterocycles. The summed E-state index contributed by atoms with van der Waals surface area (Å²) < 4.78 is 0. The number of nitro groups is 1. The van der Waals surface area contributed by atoms with Crippen LogP contribution in [-0.4, -0.2) is 52.3 Å². The number of nitro benzene ring substituents is 1. The van der Waals surface area contributed by atoms with Gasteiger partial charge in [-0.25, -0.2) is 0 Å². The van der Waals surface area contributed by atoms with E-state index in [-0.39, 0.29) is 10.6 Å². The summed E-state index contributed by atoms with van der Waals surface area (Å²) >= 11 is 0. The van der Waals surface area contributed by atoms with Crippen molar-refractivity contribution in [2.75, 3.05) is 19.6 Å². The lowest BCUT2D eigenvalue weighted by Crippen LogP contribution is -2.55. The highest BCUT2D eigenvalue weighted by molar-refractivity contribution is 5.77. The Morgan fingerprint density at radius 2 is 1.85 bits per heavy atom. The van der Waals surface area contributed by atoms with Crippen LogP contribution in [0, 0.1) is 10.1 Å². The van der Waals surface area contributed by atoms with Gasteiger partial charge in [-0.2, -0.15) is 0 Å². The van der Waals surface area contributed by atoms with E-state index in [9.17, 15) is 14.9 Å². The van der Waals surface area contributed by atoms with Crippen molar-refractivity contribution in [3.63, 3.8) is 0 Å². The van der Waals surface area contributed by atoms with Gasteiger partial charge in [0.05, 0.1) is 4.92 Å². The number of likely N-dealkylation sites (tertiary alicyclic amines) is 1. The van der Waals surface area contributed by atoms with Gasteiger partial charge in [0, 0.05) is 50.3 Å². The smallest absolute Gasteiger partial charge is 0.269 e. The summed E-state index contributed by atoms with van der Waals surface area (Å²) in [6.45, 7) is 4.90. The first-order valence-corrected chi connectivity index (χ1v) is 10.0. The third-order valence-corrected chi connectivity index (χ3v) is 5.62. The highest BCUT2D eigenvalue weighted by atomic mass is 16.6. The zero-order valence-electron chi connectivity index (χ0n) is 16.0. The van der Waals surface area contributed by atoms with Crippen LogP contribution in [0.15, 0.2) is 30.3 Å². The fourth-order valence-electron chi connectivity index (χ4n) is 4.25. The summed E-state index contributed by atoms with van der Waals surface area (Å²) in [4.78, 5) is 27.5. The predicted molar refractivity (Wildman–Crippen MR) is 106 cm³/mol. The molecule has 0 aromatic heterocycles. The largest absolute Gasteiger partial charge is 0.334 e. The number of amides is 1. The van der Waals surface area contributed by atoms with Crippen LogP contribution in [0.1, 0.15) is 51.0 Å². The maximum Gasteiger partial charge on any atom is 0.269 e. The van der Waals surface area contributed by atoms with Crippen LogP contribution in [0.25, 0.3) is 6.08 Å². The number of unbranched alkanes of at least 4 members (excludes halogenated alkanes) is 2. The lowest BCUT2D eigenvalue weighted by molar-refractivity contribution is -0.384. The number of benzene rings is 1. The van der Waals surface area contributed by atoms with E-state index < -0.39 is 0 Å². The highest BCUT2D eigenvalue weighted by Crippen LogP contribution is 2.31. The first-order chi connectivity index (χ1) is 13.1. The number of hydrogen-bond donors (Lipinski definition) is 0. The topological polar surface area (TPSA) is 66.7 Å². The molecule has 2 bridgehead atoms. The van der Waals surface area contributed by atoms with E-state index in [1.54, 1.807) is 12.1 Å². The second-order valence-electron chi connectivity index (χ2n) is 7.61. The Hall–Kier alpha value is -2.21. The Bertz CT molecular complexity index is 672. The Morgan fingerprint density at radius 3 is 2.44 bits per heavy atom. The van der Waals surface area contributed by atoms with Gasteiger partial charge in [-0.3, -0.25) is 19.8 Å². The molecule has 1 amide bonds. The number of hydrogen-bond acceptors (Lipinski definition) is 4. The average Bonchev–Trinajstić information content (AvgIpc) is 2.93. The fourth-order valence-corrected chi connectivity index (χ4v) is 4.25. The van der Waals surface area contributed by atoms with Crippen LogP contribution in [0.2, 0.25) is 0 Å². The van der Waals surface area contributed by atoms with Gasteiger partial charge in [0.25, 0.3) is 5.69 Å². The summed E-state index contributed by atoms with van der Waals surface area (Å²) in [5, 5.41) is 10.7. The zero-order valence-corrected chi connectivity index (χ0v) is 16.0. The molecule has 1 aromatic rings. The van der Waals surface area contributed by atoms with Crippen LogP contribution < -0.4 is 0 Å². The lowest BCUT2D eigenvalue weighted by Gasteiger charge is -2.41. The molecule has 27 heavy (non-hydrogen) atoms. The third kappa shape index (κ3) is 4.95. The van der Waals surface area contributed by atoms with Gasteiger partial charge < -0.3 is 4.90 Å². The molecule has 1 aromatic carbocycles. The predicted octanol–water partition coefficient (Wildman–Crippen LogP) is 3.86. The minimum absolute atomic E-state index is 0.114. The number of piperazine rings is 1. The minimum Gasteiger partial charge on any atom is -0.334 e. The van der Waals surface area contributed by atoms with Crippen molar-refractivity contribution in [1.29, 1.82) is 0 Å². The van der Waals surface area contributed by atoms with Crippen LogP contribution in [0.4, 0.5) is 5.69 Å². The molecule has 3 rings (SSSR count). The Morgan fingerprint density at radius 1 is 1.19 bits per heavy atom. The molecular weight excluding hydrogens is 342 g/mol. The summed E-state index contributed by atoms with van der Waals surface area (Å²) in [5.74, 6) is 0.344. The number of nitrogens with zero attached hydrogens (tertiary/aromatic N) is 3. The molecule has 0 N–H and O–H groups in total. The summed E-state index contributed by atoms with van der Waals surface area (Å²) in [7, 11) is 0. The number of rotatable bonds is 8. The molecular formula is C21H29N3O3. The van der Waals surface area contributed by atoms with Gasteiger partial charge in [-0.05, 0) is 37.0 Å². The van der Waals surface area contributed by atoms with Crippen molar-refractivity contribution in [3.8, 4) is 0 Å². The molecule has 2 fully saturated rings. The number of non-ortho nitro benzene ring substituents is 1. The quantitative estimate of drug-likeness (QED) is 0.395. The van der Waals surface area contributed by atoms with Gasteiger partial charge in [0.15, 0.2) is 0 Å². The molecule has 0 radical (unpaired) electrons. The Kier molecular flexibility index (Phi) is 6.61. The second kappa shape index (κ2) is 9.13. The third-order valence-electron chi connectivity index (χ3n) is 5.62. The molecule has 2 saturated heterocycles. The van der Waals surface area contributed by atoms with Crippen molar-refractivity contribution in [2.45, 2.75) is 57.5 Å². The van der Waals surface area contributed by atoms with Crippen molar-refractivity contribution in [3.05, 3.63) is 46.0 Å². The van der Waals surface area contributed by atoms with Gasteiger partial charge in [0.2, 0.25) is 5.91 Å². The maximum atomic E-state index is 12.6. The molecule has 2 heterocycles. The van der Waals surface area contributed by atoms with Crippen LogP contribution in [-0.2, 0) is 4.79 Å². The number of carbonyl (C=O) groups is 1. The molecule has 0 spiro atoms. The van der Waals surface area contributed by atoms with Gasteiger partial charge in [-0.1, -0.05) is 31.9 Å². The van der Waals surface area contributed by atoms with Crippen molar-refractivity contribution in [1.82, 2.24) is 9.80 Å². The molecule has 0 aliphatic carbocycles. The number of carbonyl (C=O) groups excluding carboxylic acids is 1. The maximum absolute atomic E-state index is 12.6. The highest BCUT2D eigenvalue weighted by Gasteiger charge is 2.41. The zero-order chi connectivity index (χ0) is 19.2. The van der Waals surface area contributed by atoms with E-state index in [1.165, 1.54) is 12.1 Å². The SMILES string of the molecule is CCCCCC(=O)N1C2CCC1CN(C/C=C/c1ccc([N+](=O)[O-])cc1)C2. The van der Waals surface area contributed by atoms with Crippen molar-refractivity contribution < 1.29 is 9.72 Å². The standard InChI is InChI=1S/C21H29N3O3/c1-2-3-4-7-21(25)23-19-12-13-20(23)16-22(15-19)14-5-6-17-8-10-18(11-9-17)24(26)27/h5-6,8-11,19-20H,2-4,7,12-16H2,1H3/b6-5+. The summed E-state index contributed by atoms with van der Waals surface area (Å²) in [6, 6.07) is 7.33. The Labute approximate surface area is 161 Å². The molecule has 146 valence electrons. The van der Waals surface area contributed by atoms with Crippen LogP contribution in [0.5, 0.6) is 0 Å². The van der Waals surface area contributed by atoms with Crippen LogP contribution in [0.3, 0.4) is 0 Å². The van der Waals surface area contributed by atoms with Crippen molar-refractivity contribution in [2.24, 2.45) is 0 Å². The average molecular weight is 371 g/mol. The first-order valence-electron chi connectivity index (χ1n) is 10.0. The number of fused-ring (bicyclic) bond motifs is 2. The molecule has 2 unspecified atom stereocenters. The van der Waals surface area contributed by atoms with E-state index in [4.69, 9.17) is 0 Å². The normalized spacial score (nSPS) is 22.5. The van der Waals surface area contributed by atoms with E-state index in [0.717, 1.165) is 57.3 Å². The van der Waals surface area contributed by atoms with E-state index >= 15 is 0 Å². The Balaban J connectivity index is 1.49. The monoisotopic (exact) mass is 371 g/mol. The molecule has 2 atom stereocenters. The van der Waals surface area contributed by atoms with Gasteiger partial charge in [0.1, 0.15) is 0 Å². The first kappa shape index (κ1) is 19.5. The minimum atomic E-state index is -0.383. The van der Waals surface area contributed by atoms with E-state index in [1.807, 2.05) is 6.08 Å². The van der Waals surface area contributed by atoms with Gasteiger partial charge >= 0.3 is 0 Å². The molecule has 6 heteroatoms. The lowest BCUT2D eigenvalue weighted by atomic mass is 10.1. The van der Waals surface area contributed by atoms with E-state index in [2.05, 4.69) is 22.8 Å². The molecule has 6 nitrogen and oxygen atoms in total. The second-order valence-corrected chi connectivity index (χ2v) is 7.61. The molecule has 0 saturated carbocycles. The van der Waals surface area contributed by atoms with Crippen LogP contribution >= 0.6 is 0 Å². The summed E-state index contributed by atoms with van der Waals surface area (Å²) in [6.07, 6.45) is 10.3. The molecule has 2 aliphatic rings. The van der Waals surface area contributed by atoms with Gasteiger partial charge in [-0.15, -0.1) is 0 Å².